The molecule has 4 heteroatoms. The molecule has 4 nitrogen and oxygen atoms in total. The second kappa shape index (κ2) is 9.67. The van der Waals surface area contributed by atoms with Crippen molar-refractivity contribution in [1.29, 1.82) is 0 Å². The molecular formula is C30H25NO3. The minimum atomic E-state index is -0.283. The molecule has 0 bridgehead atoms. The summed E-state index contributed by atoms with van der Waals surface area (Å²) in [5.74, 6) is 0.529. The van der Waals surface area contributed by atoms with Crippen LogP contribution in [0.2, 0.25) is 0 Å². The molecule has 34 heavy (non-hydrogen) atoms. The monoisotopic (exact) mass is 447 g/mol. The smallest absolute Gasteiger partial charge is 0.325 e. The van der Waals surface area contributed by atoms with Crippen LogP contribution in [0.25, 0.3) is 33.3 Å². The molecule has 0 aliphatic rings. The van der Waals surface area contributed by atoms with Gasteiger partial charge in [-0.1, -0.05) is 91.0 Å². The van der Waals surface area contributed by atoms with E-state index in [1.54, 1.807) is 0 Å². The number of aromatic nitrogens is 1. The fourth-order valence-corrected chi connectivity index (χ4v) is 4.31. The highest BCUT2D eigenvalue weighted by atomic mass is 16.5. The van der Waals surface area contributed by atoms with Crippen molar-refractivity contribution in [2.24, 2.45) is 0 Å². The number of methoxy groups -OCH3 is 1. The molecule has 1 heterocycles. The number of benzene rings is 4. The van der Waals surface area contributed by atoms with E-state index in [1.165, 1.54) is 7.11 Å². The third kappa shape index (κ3) is 4.30. The van der Waals surface area contributed by atoms with E-state index in [0.717, 1.165) is 44.6 Å². The van der Waals surface area contributed by atoms with Crippen LogP contribution in [0.5, 0.6) is 5.75 Å². The fraction of sp³-hybridized carbons (Fsp3) is 0.100. The van der Waals surface area contributed by atoms with Gasteiger partial charge in [-0.25, -0.2) is 0 Å². The van der Waals surface area contributed by atoms with Gasteiger partial charge in [0.05, 0.1) is 12.8 Å². The number of fused-ring (bicyclic) bond motifs is 1. The van der Waals surface area contributed by atoms with Crippen LogP contribution in [-0.2, 0) is 22.7 Å². The van der Waals surface area contributed by atoms with E-state index in [4.69, 9.17) is 9.47 Å². The number of esters is 1. The van der Waals surface area contributed by atoms with Crippen LogP contribution in [0.3, 0.4) is 0 Å². The quantitative estimate of drug-likeness (QED) is 0.260. The van der Waals surface area contributed by atoms with Crippen molar-refractivity contribution in [3.8, 4) is 28.1 Å². The summed E-state index contributed by atoms with van der Waals surface area (Å²) in [6, 6.07) is 36.6. The maximum absolute atomic E-state index is 12.3. The zero-order valence-electron chi connectivity index (χ0n) is 19.0. The number of para-hydroxylation sites is 1. The molecule has 4 aromatic carbocycles. The molecule has 0 radical (unpaired) electrons. The first-order chi connectivity index (χ1) is 16.7. The molecule has 0 atom stereocenters. The first kappa shape index (κ1) is 21.5. The molecule has 5 aromatic rings. The molecule has 0 unspecified atom stereocenters. The summed E-state index contributed by atoms with van der Waals surface area (Å²) in [4.78, 5) is 12.3. The molecule has 0 aliphatic carbocycles. The SMILES string of the molecule is COC(=O)Cn1c(-c2ccccc2)c(-c2ccc(OCc3ccccc3)cc2)c2ccccc21. The highest BCUT2D eigenvalue weighted by Crippen LogP contribution is 2.41. The minimum Gasteiger partial charge on any atom is -0.489 e. The second-order valence-electron chi connectivity index (χ2n) is 8.07. The van der Waals surface area contributed by atoms with Gasteiger partial charge in [0, 0.05) is 16.5 Å². The third-order valence-corrected chi connectivity index (χ3v) is 5.92. The average molecular weight is 448 g/mol. The van der Waals surface area contributed by atoms with Gasteiger partial charge in [0.25, 0.3) is 0 Å². The molecule has 1 aromatic heterocycles. The Morgan fingerprint density at radius 3 is 2.09 bits per heavy atom. The van der Waals surface area contributed by atoms with Crippen LogP contribution in [0.15, 0.2) is 109 Å². The molecule has 0 saturated carbocycles. The summed E-state index contributed by atoms with van der Waals surface area (Å²) in [5, 5.41) is 1.09. The van der Waals surface area contributed by atoms with Gasteiger partial charge in [0.1, 0.15) is 18.9 Å². The molecular weight excluding hydrogens is 422 g/mol. The van der Waals surface area contributed by atoms with Gasteiger partial charge in [0.15, 0.2) is 0 Å². The minimum absolute atomic E-state index is 0.138. The standard InChI is InChI=1S/C30H25NO3/c1-33-28(32)20-31-27-15-9-8-14-26(27)29(30(31)24-12-6-3-7-13-24)23-16-18-25(19-17-23)34-21-22-10-4-2-5-11-22/h2-19H,20-21H2,1H3. The summed E-state index contributed by atoms with van der Waals surface area (Å²) in [7, 11) is 1.42. The zero-order valence-corrected chi connectivity index (χ0v) is 19.0. The van der Waals surface area contributed by atoms with Crippen molar-refractivity contribution in [3.63, 3.8) is 0 Å². The largest absolute Gasteiger partial charge is 0.489 e. The number of hydrogen-bond acceptors (Lipinski definition) is 3. The summed E-state index contributed by atoms with van der Waals surface area (Å²) in [6.07, 6.45) is 0. The van der Waals surface area contributed by atoms with Crippen LogP contribution in [0.4, 0.5) is 0 Å². The summed E-state index contributed by atoms with van der Waals surface area (Å²) in [6.45, 7) is 0.660. The van der Waals surface area contributed by atoms with Gasteiger partial charge < -0.3 is 14.0 Å². The first-order valence-electron chi connectivity index (χ1n) is 11.2. The number of rotatable bonds is 7. The van der Waals surface area contributed by atoms with Crippen molar-refractivity contribution in [2.45, 2.75) is 13.2 Å². The summed E-state index contributed by atoms with van der Waals surface area (Å²) >= 11 is 0. The van der Waals surface area contributed by atoms with E-state index < -0.39 is 0 Å². The van der Waals surface area contributed by atoms with Crippen LogP contribution in [0, 0.1) is 0 Å². The van der Waals surface area contributed by atoms with Crippen molar-refractivity contribution in [2.75, 3.05) is 7.11 Å². The van der Waals surface area contributed by atoms with E-state index in [1.807, 2.05) is 71.3 Å². The van der Waals surface area contributed by atoms with Crippen molar-refractivity contribution < 1.29 is 14.3 Å². The molecule has 0 N–H and O–H groups in total. The van der Waals surface area contributed by atoms with E-state index in [0.29, 0.717) is 6.61 Å². The number of carbonyl (C=O) groups is 1. The Bertz CT molecular complexity index is 1400. The molecule has 168 valence electrons. The lowest BCUT2D eigenvalue weighted by Crippen LogP contribution is -2.12. The number of carbonyl (C=O) groups excluding carboxylic acids is 1. The predicted molar refractivity (Wildman–Crippen MR) is 136 cm³/mol. The molecule has 0 saturated heterocycles. The lowest BCUT2D eigenvalue weighted by Gasteiger charge is -2.13. The van der Waals surface area contributed by atoms with Gasteiger partial charge in [0.2, 0.25) is 0 Å². The van der Waals surface area contributed by atoms with Crippen molar-refractivity contribution >= 4 is 16.9 Å². The molecule has 0 aliphatic heterocycles. The first-order valence-corrected chi connectivity index (χ1v) is 11.2. The summed E-state index contributed by atoms with van der Waals surface area (Å²) < 4.78 is 13.1. The molecule has 0 amide bonds. The van der Waals surface area contributed by atoms with Crippen LogP contribution in [-0.4, -0.2) is 17.6 Å². The van der Waals surface area contributed by atoms with Gasteiger partial charge in [-0.15, -0.1) is 0 Å². The van der Waals surface area contributed by atoms with Gasteiger partial charge >= 0.3 is 5.97 Å². The Morgan fingerprint density at radius 2 is 1.38 bits per heavy atom. The Labute approximate surface area is 199 Å². The number of nitrogens with zero attached hydrogens (tertiary/aromatic N) is 1. The fourth-order valence-electron chi connectivity index (χ4n) is 4.31. The van der Waals surface area contributed by atoms with E-state index in [2.05, 4.69) is 42.5 Å². The van der Waals surface area contributed by atoms with E-state index in [9.17, 15) is 4.79 Å². The Morgan fingerprint density at radius 1 is 0.735 bits per heavy atom. The lowest BCUT2D eigenvalue weighted by atomic mass is 9.98. The van der Waals surface area contributed by atoms with Crippen molar-refractivity contribution in [1.82, 2.24) is 4.57 Å². The number of hydrogen-bond donors (Lipinski definition) is 0. The van der Waals surface area contributed by atoms with Crippen molar-refractivity contribution in [3.05, 3.63) is 115 Å². The van der Waals surface area contributed by atoms with Gasteiger partial charge in [-0.05, 0) is 34.9 Å². The average Bonchev–Trinajstić information content (AvgIpc) is 3.22. The zero-order chi connectivity index (χ0) is 23.3. The normalized spacial score (nSPS) is 10.9. The molecule has 5 rings (SSSR count). The van der Waals surface area contributed by atoms with Crippen LogP contribution >= 0.6 is 0 Å². The predicted octanol–water partition coefficient (Wildman–Crippen LogP) is 6.73. The van der Waals surface area contributed by atoms with E-state index >= 15 is 0 Å². The van der Waals surface area contributed by atoms with E-state index in [-0.39, 0.29) is 12.5 Å². The highest BCUT2D eigenvalue weighted by molar-refractivity contribution is 6.05. The number of ether oxygens (including phenoxy) is 2. The summed E-state index contributed by atoms with van der Waals surface area (Å²) in [5.41, 5.74) is 6.30. The topological polar surface area (TPSA) is 40.5 Å². The molecule has 0 fully saturated rings. The van der Waals surface area contributed by atoms with Gasteiger partial charge in [-0.2, -0.15) is 0 Å². The maximum Gasteiger partial charge on any atom is 0.325 e. The third-order valence-electron chi connectivity index (χ3n) is 5.92. The maximum atomic E-state index is 12.3. The highest BCUT2D eigenvalue weighted by Gasteiger charge is 2.21. The Balaban J connectivity index is 1.59. The Kier molecular flexibility index (Phi) is 6.13. The second-order valence-corrected chi connectivity index (χ2v) is 8.07. The van der Waals surface area contributed by atoms with Crippen LogP contribution in [0.1, 0.15) is 5.56 Å². The Hall–Kier alpha value is -4.31. The lowest BCUT2D eigenvalue weighted by molar-refractivity contribution is -0.141. The molecule has 0 spiro atoms. The van der Waals surface area contributed by atoms with Crippen LogP contribution < -0.4 is 4.74 Å². The van der Waals surface area contributed by atoms with Gasteiger partial charge in [-0.3, -0.25) is 4.79 Å².